The SMILES string of the molecule is O=C(Nc1ccccc1)N1CCCC(C(=O)N2CCCC2c2nc3ccccc3s2)C1. The van der Waals surface area contributed by atoms with Crippen molar-refractivity contribution in [1.29, 1.82) is 0 Å². The maximum Gasteiger partial charge on any atom is 0.321 e. The number of nitrogens with one attached hydrogen (secondary N) is 1. The molecule has 7 heteroatoms. The number of carbonyl (C=O) groups is 2. The summed E-state index contributed by atoms with van der Waals surface area (Å²) in [6, 6.07) is 17.5. The molecule has 3 heterocycles. The zero-order chi connectivity index (χ0) is 21.2. The van der Waals surface area contributed by atoms with Crippen molar-refractivity contribution in [3.8, 4) is 0 Å². The fourth-order valence-corrected chi connectivity index (χ4v) is 5.76. The van der Waals surface area contributed by atoms with Crippen LogP contribution < -0.4 is 5.32 Å². The second-order valence-corrected chi connectivity index (χ2v) is 9.35. The van der Waals surface area contributed by atoms with Gasteiger partial charge >= 0.3 is 6.03 Å². The first kappa shape index (κ1) is 20.0. The molecule has 3 aromatic rings. The number of benzene rings is 2. The van der Waals surface area contributed by atoms with Crippen molar-refractivity contribution in [3.63, 3.8) is 0 Å². The summed E-state index contributed by atoms with van der Waals surface area (Å²) in [5, 5.41) is 3.97. The molecule has 2 aliphatic heterocycles. The van der Waals surface area contributed by atoms with Gasteiger partial charge in [0.1, 0.15) is 5.01 Å². The fraction of sp³-hybridized carbons (Fsp3) is 0.375. The highest BCUT2D eigenvalue weighted by molar-refractivity contribution is 7.18. The fourth-order valence-electron chi connectivity index (χ4n) is 4.64. The molecule has 0 aliphatic carbocycles. The van der Waals surface area contributed by atoms with Crippen molar-refractivity contribution in [1.82, 2.24) is 14.8 Å². The van der Waals surface area contributed by atoms with Crippen molar-refractivity contribution in [2.24, 2.45) is 5.92 Å². The number of aromatic nitrogens is 1. The lowest BCUT2D eigenvalue weighted by atomic mass is 9.96. The molecule has 2 atom stereocenters. The smallest absolute Gasteiger partial charge is 0.321 e. The van der Waals surface area contributed by atoms with Gasteiger partial charge in [-0.2, -0.15) is 0 Å². The van der Waals surface area contributed by atoms with Crippen molar-refractivity contribution in [3.05, 3.63) is 59.6 Å². The van der Waals surface area contributed by atoms with Gasteiger partial charge in [0.15, 0.2) is 0 Å². The molecule has 6 nitrogen and oxygen atoms in total. The van der Waals surface area contributed by atoms with Crippen molar-refractivity contribution < 1.29 is 9.59 Å². The Bertz CT molecular complexity index is 1050. The predicted molar refractivity (Wildman–Crippen MR) is 123 cm³/mol. The van der Waals surface area contributed by atoms with Gasteiger partial charge in [-0.3, -0.25) is 4.79 Å². The van der Waals surface area contributed by atoms with Gasteiger partial charge in [0.25, 0.3) is 0 Å². The number of piperidine rings is 1. The Labute approximate surface area is 185 Å². The Balaban J connectivity index is 1.28. The molecule has 1 aromatic heterocycles. The van der Waals surface area contributed by atoms with Crippen LogP contribution in [0.4, 0.5) is 10.5 Å². The molecular weight excluding hydrogens is 408 g/mol. The van der Waals surface area contributed by atoms with Crippen LogP contribution in [-0.2, 0) is 4.79 Å². The molecule has 5 rings (SSSR count). The highest BCUT2D eigenvalue weighted by Gasteiger charge is 2.37. The first-order valence-corrected chi connectivity index (χ1v) is 11.8. The summed E-state index contributed by atoms with van der Waals surface area (Å²) in [5.74, 6) is 0.0178. The second-order valence-electron chi connectivity index (χ2n) is 8.29. The molecule has 0 spiro atoms. The summed E-state index contributed by atoms with van der Waals surface area (Å²) in [6.07, 6.45) is 3.63. The van der Waals surface area contributed by atoms with E-state index in [1.54, 1.807) is 16.2 Å². The average Bonchev–Trinajstić information content (AvgIpc) is 3.46. The molecule has 2 aliphatic rings. The molecule has 0 radical (unpaired) electrons. The summed E-state index contributed by atoms with van der Waals surface area (Å²) in [5.41, 5.74) is 1.78. The van der Waals surface area contributed by atoms with Crippen LogP contribution in [0.25, 0.3) is 10.2 Å². The lowest BCUT2D eigenvalue weighted by Crippen LogP contribution is -2.47. The predicted octanol–water partition coefficient (Wildman–Crippen LogP) is 4.90. The van der Waals surface area contributed by atoms with E-state index < -0.39 is 0 Å². The van der Waals surface area contributed by atoms with Crippen molar-refractivity contribution in [2.45, 2.75) is 31.7 Å². The number of urea groups is 1. The molecule has 0 bridgehead atoms. The normalized spacial score (nSPS) is 21.4. The van der Waals surface area contributed by atoms with Crippen LogP contribution in [0.1, 0.15) is 36.7 Å². The lowest BCUT2D eigenvalue weighted by Gasteiger charge is -2.35. The number of carbonyl (C=O) groups excluding carboxylic acids is 2. The summed E-state index contributed by atoms with van der Waals surface area (Å²) < 4.78 is 1.17. The van der Waals surface area contributed by atoms with Gasteiger partial charge in [0, 0.05) is 25.3 Å². The van der Waals surface area contributed by atoms with E-state index in [9.17, 15) is 9.59 Å². The standard InChI is InChI=1S/C24H26N4O2S/c29-23(17-8-6-14-27(16-17)24(30)25-18-9-2-1-3-10-18)28-15-7-12-20(28)22-26-19-11-4-5-13-21(19)31-22/h1-5,9-11,13,17,20H,6-8,12,14-16H2,(H,25,30). The number of likely N-dealkylation sites (tertiary alicyclic amines) is 2. The van der Waals surface area contributed by atoms with Crippen LogP contribution in [0.3, 0.4) is 0 Å². The molecule has 2 saturated heterocycles. The minimum atomic E-state index is -0.148. The topological polar surface area (TPSA) is 65.5 Å². The van der Waals surface area contributed by atoms with Crippen LogP contribution >= 0.6 is 11.3 Å². The van der Waals surface area contributed by atoms with E-state index in [4.69, 9.17) is 4.98 Å². The highest BCUT2D eigenvalue weighted by Crippen LogP contribution is 2.38. The van der Waals surface area contributed by atoms with Gasteiger partial charge in [-0.15, -0.1) is 11.3 Å². The Morgan fingerprint density at radius 2 is 1.74 bits per heavy atom. The van der Waals surface area contributed by atoms with E-state index in [-0.39, 0.29) is 23.9 Å². The Hall–Kier alpha value is -2.93. The van der Waals surface area contributed by atoms with E-state index in [1.807, 2.05) is 53.4 Å². The third-order valence-electron chi connectivity index (χ3n) is 6.21. The van der Waals surface area contributed by atoms with Crippen LogP contribution in [-0.4, -0.2) is 46.4 Å². The average molecular weight is 435 g/mol. The Morgan fingerprint density at radius 3 is 2.58 bits per heavy atom. The number of hydrogen-bond donors (Lipinski definition) is 1. The zero-order valence-electron chi connectivity index (χ0n) is 17.4. The van der Waals surface area contributed by atoms with Crippen LogP contribution in [0, 0.1) is 5.92 Å². The van der Waals surface area contributed by atoms with Crippen molar-refractivity contribution >= 4 is 39.2 Å². The molecule has 2 fully saturated rings. The van der Waals surface area contributed by atoms with E-state index in [0.29, 0.717) is 13.1 Å². The quantitative estimate of drug-likeness (QED) is 0.637. The molecule has 160 valence electrons. The maximum atomic E-state index is 13.5. The Kier molecular flexibility index (Phi) is 5.59. The van der Waals surface area contributed by atoms with Gasteiger partial charge in [-0.25, -0.2) is 9.78 Å². The van der Waals surface area contributed by atoms with E-state index in [2.05, 4.69) is 11.4 Å². The maximum absolute atomic E-state index is 13.5. The summed E-state index contributed by atoms with van der Waals surface area (Å²) in [4.78, 5) is 34.8. The molecule has 1 N–H and O–H groups in total. The summed E-state index contributed by atoms with van der Waals surface area (Å²) in [6.45, 7) is 1.93. The minimum Gasteiger partial charge on any atom is -0.333 e. The number of nitrogens with zero attached hydrogens (tertiary/aromatic N) is 3. The van der Waals surface area contributed by atoms with E-state index in [1.165, 1.54) is 4.70 Å². The number of amides is 3. The van der Waals surface area contributed by atoms with Gasteiger partial charge in [-0.05, 0) is 49.9 Å². The molecule has 2 aromatic carbocycles. The third kappa shape index (κ3) is 4.14. The number of thiazole rings is 1. The molecular formula is C24H26N4O2S. The van der Waals surface area contributed by atoms with E-state index in [0.717, 1.165) is 48.4 Å². The summed E-state index contributed by atoms with van der Waals surface area (Å²) in [7, 11) is 0. The zero-order valence-corrected chi connectivity index (χ0v) is 18.2. The monoisotopic (exact) mass is 434 g/mol. The number of rotatable bonds is 3. The number of fused-ring (bicyclic) bond motifs is 1. The lowest BCUT2D eigenvalue weighted by molar-refractivity contribution is -0.137. The highest BCUT2D eigenvalue weighted by atomic mass is 32.1. The van der Waals surface area contributed by atoms with Gasteiger partial charge < -0.3 is 15.1 Å². The van der Waals surface area contributed by atoms with Crippen molar-refractivity contribution in [2.75, 3.05) is 25.0 Å². The summed E-state index contributed by atoms with van der Waals surface area (Å²) >= 11 is 1.69. The largest absolute Gasteiger partial charge is 0.333 e. The Morgan fingerprint density at radius 1 is 0.968 bits per heavy atom. The van der Waals surface area contributed by atoms with Crippen LogP contribution in [0.15, 0.2) is 54.6 Å². The van der Waals surface area contributed by atoms with Crippen LogP contribution in [0.5, 0.6) is 0 Å². The minimum absolute atomic E-state index is 0.0541. The van der Waals surface area contributed by atoms with E-state index >= 15 is 0 Å². The molecule has 31 heavy (non-hydrogen) atoms. The second kappa shape index (κ2) is 8.67. The third-order valence-corrected chi connectivity index (χ3v) is 7.35. The number of anilines is 1. The number of para-hydroxylation sites is 2. The molecule has 2 unspecified atom stereocenters. The van der Waals surface area contributed by atoms with Gasteiger partial charge in [-0.1, -0.05) is 30.3 Å². The van der Waals surface area contributed by atoms with Gasteiger partial charge in [0.2, 0.25) is 5.91 Å². The number of hydrogen-bond acceptors (Lipinski definition) is 4. The van der Waals surface area contributed by atoms with Crippen LogP contribution in [0.2, 0.25) is 0 Å². The molecule has 0 saturated carbocycles. The van der Waals surface area contributed by atoms with Gasteiger partial charge in [0.05, 0.1) is 22.2 Å². The first-order chi connectivity index (χ1) is 15.2. The molecule has 3 amide bonds. The first-order valence-electron chi connectivity index (χ1n) is 11.0.